The molecule has 1 aliphatic carbocycles. The van der Waals surface area contributed by atoms with Crippen LogP contribution in [-0.4, -0.2) is 51.7 Å². The van der Waals surface area contributed by atoms with E-state index in [0.29, 0.717) is 22.8 Å². The van der Waals surface area contributed by atoms with Crippen LogP contribution in [0, 0.1) is 0 Å². The maximum absolute atomic E-state index is 12.0. The topological polar surface area (TPSA) is 127 Å². The van der Waals surface area contributed by atoms with Gasteiger partial charge in [-0.15, -0.1) is 0 Å². The Morgan fingerprint density at radius 3 is 2.66 bits per heavy atom. The van der Waals surface area contributed by atoms with Crippen molar-refractivity contribution in [3.8, 4) is 11.5 Å². The van der Waals surface area contributed by atoms with Gasteiger partial charge in [-0.3, -0.25) is 8.98 Å². The van der Waals surface area contributed by atoms with Crippen molar-refractivity contribution >= 4 is 21.7 Å². The van der Waals surface area contributed by atoms with Gasteiger partial charge in [0.2, 0.25) is 5.60 Å². The van der Waals surface area contributed by atoms with Gasteiger partial charge in [0.15, 0.2) is 11.5 Å². The van der Waals surface area contributed by atoms with Crippen molar-refractivity contribution in [1.82, 2.24) is 0 Å². The van der Waals surface area contributed by atoms with Gasteiger partial charge in [0, 0.05) is 18.4 Å². The van der Waals surface area contributed by atoms with Gasteiger partial charge in [0.25, 0.3) is 16.0 Å². The highest BCUT2D eigenvalue weighted by Crippen LogP contribution is 2.35. The van der Waals surface area contributed by atoms with E-state index in [2.05, 4.69) is 5.16 Å². The Morgan fingerprint density at radius 2 is 2.03 bits per heavy atom. The third-order valence-corrected chi connectivity index (χ3v) is 5.72. The number of nitrogens with zero attached hydrogens (tertiary/aromatic N) is 1. The molecule has 2 aliphatic rings. The molecule has 10 heteroatoms. The molecule has 0 aromatic heterocycles. The summed E-state index contributed by atoms with van der Waals surface area (Å²) in [6.45, 7) is -0.233. The monoisotopic (exact) mass is 426 g/mol. The number of methoxy groups -OCH3 is 1. The number of ether oxygens (including phenoxy) is 2. The van der Waals surface area contributed by atoms with E-state index in [9.17, 15) is 13.2 Å². The molecule has 29 heavy (non-hydrogen) atoms. The highest BCUT2D eigenvalue weighted by atomic mass is 32.2. The number of nitrogens with two attached hydrogens (primary N) is 1. The van der Waals surface area contributed by atoms with Crippen LogP contribution in [0.4, 0.5) is 0 Å². The fourth-order valence-corrected chi connectivity index (χ4v) is 3.90. The van der Waals surface area contributed by atoms with Gasteiger partial charge in [0.1, 0.15) is 0 Å². The number of hydrogen-bond donors (Lipinski definition) is 1. The van der Waals surface area contributed by atoms with Crippen LogP contribution in [0.2, 0.25) is 0 Å². The number of carbonyl (C=O) groups excluding carboxylic acids is 1. The summed E-state index contributed by atoms with van der Waals surface area (Å²) in [7, 11) is -2.06. The quantitative estimate of drug-likeness (QED) is 0.596. The molecule has 1 aliphatic heterocycles. The van der Waals surface area contributed by atoms with Crippen LogP contribution >= 0.6 is 0 Å². The van der Waals surface area contributed by atoms with Crippen molar-refractivity contribution in [3.05, 3.63) is 23.8 Å². The molecule has 1 heterocycles. The number of amides is 1. The molecule has 1 fully saturated rings. The van der Waals surface area contributed by atoms with Gasteiger partial charge in [-0.25, -0.2) is 0 Å². The Morgan fingerprint density at radius 1 is 1.31 bits per heavy atom. The molecule has 0 bridgehead atoms. The molecule has 0 spiro atoms. The smallest absolute Gasteiger partial charge is 0.264 e. The number of hydrogen-bond acceptors (Lipinski definition) is 8. The first-order valence-electron chi connectivity index (χ1n) is 9.47. The number of primary amides is 1. The van der Waals surface area contributed by atoms with Crippen molar-refractivity contribution in [1.29, 1.82) is 0 Å². The largest absolute Gasteiger partial charge is 0.493 e. The minimum Gasteiger partial charge on any atom is -0.493 e. The maximum Gasteiger partial charge on any atom is 0.264 e. The van der Waals surface area contributed by atoms with E-state index < -0.39 is 21.6 Å². The Kier molecular flexibility index (Phi) is 6.33. The second-order valence-corrected chi connectivity index (χ2v) is 8.97. The molecule has 0 saturated heterocycles. The van der Waals surface area contributed by atoms with E-state index in [-0.39, 0.29) is 25.6 Å². The summed E-state index contributed by atoms with van der Waals surface area (Å²) in [6, 6.07) is 5.38. The summed E-state index contributed by atoms with van der Waals surface area (Å²) in [4.78, 5) is 17.4. The maximum atomic E-state index is 12.0. The average Bonchev–Trinajstić information content (AvgIpc) is 3.31. The number of oxime groups is 1. The Balaban J connectivity index is 1.75. The van der Waals surface area contributed by atoms with E-state index in [1.807, 2.05) is 6.07 Å². The molecule has 1 aromatic carbocycles. The lowest BCUT2D eigenvalue weighted by atomic mass is 9.90. The summed E-state index contributed by atoms with van der Waals surface area (Å²) in [6.07, 6.45) is 5.44. The first-order valence-corrected chi connectivity index (χ1v) is 11.3. The Hall–Kier alpha value is -2.33. The van der Waals surface area contributed by atoms with Crippen molar-refractivity contribution in [2.24, 2.45) is 10.9 Å². The van der Waals surface area contributed by atoms with Crippen LogP contribution in [0.3, 0.4) is 0 Å². The first kappa shape index (κ1) is 21.4. The Labute approximate surface area is 170 Å². The zero-order valence-corrected chi connectivity index (χ0v) is 17.4. The zero-order valence-electron chi connectivity index (χ0n) is 16.5. The fraction of sp³-hybridized carbons (Fsp3) is 0.579. The molecular weight excluding hydrogens is 400 g/mol. The van der Waals surface area contributed by atoms with E-state index >= 15 is 0 Å². The van der Waals surface area contributed by atoms with Crippen LogP contribution in [0.5, 0.6) is 11.5 Å². The fourth-order valence-electron chi connectivity index (χ4n) is 3.51. The molecular formula is C19H26N2O7S. The van der Waals surface area contributed by atoms with Gasteiger partial charge < -0.3 is 20.0 Å². The second kappa shape index (κ2) is 8.58. The van der Waals surface area contributed by atoms with Crippen LogP contribution in [0.15, 0.2) is 23.4 Å². The lowest BCUT2D eigenvalue weighted by molar-refractivity contribution is -0.142. The standard InChI is InChI=1S/C19H26N2O7S/c1-25-16-8-7-13(11-17(16)27-14-5-3-4-6-14)15-12-19(18(20)22,28-21-15)9-10-26-29(2,23)24/h7-8,11,14H,3-6,9-10,12H2,1-2H3,(H2,20,22). The highest BCUT2D eigenvalue weighted by Gasteiger charge is 2.45. The lowest BCUT2D eigenvalue weighted by Crippen LogP contribution is -2.45. The molecule has 0 radical (unpaired) electrons. The van der Waals surface area contributed by atoms with Crippen molar-refractivity contribution in [2.45, 2.75) is 50.2 Å². The predicted octanol–water partition coefficient (Wildman–Crippen LogP) is 1.73. The molecule has 1 unspecified atom stereocenters. The summed E-state index contributed by atoms with van der Waals surface area (Å²) in [5.41, 5.74) is 5.30. The summed E-state index contributed by atoms with van der Waals surface area (Å²) >= 11 is 0. The van der Waals surface area contributed by atoms with Gasteiger partial charge >= 0.3 is 0 Å². The third kappa shape index (κ3) is 5.18. The summed E-state index contributed by atoms with van der Waals surface area (Å²) in [5, 5.41) is 4.04. The second-order valence-electron chi connectivity index (χ2n) is 7.33. The normalized spacial score (nSPS) is 22.2. The van der Waals surface area contributed by atoms with E-state index in [1.165, 1.54) is 0 Å². The summed E-state index contributed by atoms with van der Waals surface area (Å²) in [5.74, 6) is 0.490. The van der Waals surface area contributed by atoms with Crippen LogP contribution < -0.4 is 15.2 Å². The zero-order chi connectivity index (χ0) is 21.1. The average molecular weight is 426 g/mol. The van der Waals surface area contributed by atoms with E-state index in [4.69, 9.17) is 24.2 Å². The van der Waals surface area contributed by atoms with Gasteiger partial charge in [-0.1, -0.05) is 5.16 Å². The number of benzene rings is 1. The van der Waals surface area contributed by atoms with Crippen LogP contribution in [-0.2, 0) is 23.9 Å². The number of rotatable bonds is 9. The third-order valence-electron chi connectivity index (χ3n) is 5.13. The van der Waals surface area contributed by atoms with Crippen LogP contribution in [0.25, 0.3) is 0 Å². The van der Waals surface area contributed by atoms with Gasteiger partial charge in [0.05, 0.1) is 31.8 Å². The van der Waals surface area contributed by atoms with Crippen molar-refractivity contribution in [3.63, 3.8) is 0 Å². The van der Waals surface area contributed by atoms with E-state index in [1.54, 1.807) is 19.2 Å². The highest BCUT2D eigenvalue weighted by molar-refractivity contribution is 7.85. The first-order chi connectivity index (χ1) is 13.7. The molecule has 3 rings (SSSR count). The molecule has 2 N–H and O–H groups in total. The Bertz CT molecular complexity index is 894. The van der Waals surface area contributed by atoms with Gasteiger partial charge in [-0.05, 0) is 43.9 Å². The van der Waals surface area contributed by atoms with Gasteiger partial charge in [-0.2, -0.15) is 8.42 Å². The van der Waals surface area contributed by atoms with E-state index in [0.717, 1.165) is 31.9 Å². The molecule has 1 atom stereocenters. The molecule has 160 valence electrons. The number of carbonyl (C=O) groups is 1. The minimum atomic E-state index is -3.63. The molecule has 1 saturated carbocycles. The van der Waals surface area contributed by atoms with Crippen molar-refractivity contribution in [2.75, 3.05) is 20.0 Å². The van der Waals surface area contributed by atoms with Crippen molar-refractivity contribution < 1.29 is 31.7 Å². The minimum absolute atomic E-state index is 0.0377. The molecule has 1 aromatic rings. The lowest BCUT2D eigenvalue weighted by Gasteiger charge is -2.22. The summed E-state index contributed by atoms with van der Waals surface area (Å²) < 4.78 is 38.6. The SMILES string of the molecule is COc1ccc(C2=NOC(CCOS(C)(=O)=O)(C(N)=O)C2)cc1OC1CCCC1. The van der Waals surface area contributed by atoms with Crippen LogP contribution in [0.1, 0.15) is 44.1 Å². The molecule has 1 amide bonds. The molecule has 9 nitrogen and oxygen atoms in total. The predicted molar refractivity (Wildman–Crippen MR) is 105 cm³/mol.